The molecular weight excluding hydrogens is 270 g/mol. The molecule has 2 aromatic rings. The second kappa shape index (κ2) is 7.22. The smallest absolute Gasteiger partial charge is 0.262 e. The summed E-state index contributed by atoms with van der Waals surface area (Å²) >= 11 is 1.47. The molecule has 0 saturated heterocycles. The van der Waals surface area contributed by atoms with Crippen LogP contribution in [0.5, 0.6) is 0 Å². The van der Waals surface area contributed by atoms with Crippen LogP contribution in [0.2, 0.25) is 0 Å². The van der Waals surface area contributed by atoms with Crippen LogP contribution in [-0.2, 0) is 4.74 Å². The van der Waals surface area contributed by atoms with Gasteiger partial charge < -0.3 is 10.1 Å². The van der Waals surface area contributed by atoms with Crippen molar-refractivity contribution in [2.45, 2.75) is 13.8 Å². The van der Waals surface area contributed by atoms with Crippen LogP contribution in [0.15, 0.2) is 35.7 Å². The lowest BCUT2D eigenvalue weighted by Gasteiger charge is -2.06. The number of amides is 1. The zero-order valence-electron chi connectivity index (χ0n) is 11.8. The molecule has 0 fully saturated rings. The van der Waals surface area contributed by atoms with Crippen molar-refractivity contribution in [3.05, 3.63) is 46.2 Å². The number of ether oxygens (including phenoxy) is 1. The fraction of sp³-hybridized carbons (Fsp3) is 0.312. The lowest BCUT2D eigenvalue weighted by molar-refractivity contribution is 0.0927. The van der Waals surface area contributed by atoms with E-state index in [4.69, 9.17) is 4.74 Å². The third-order valence-electron chi connectivity index (χ3n) is 2.97. The summed E-state index contributed by atoms with van der Waals surface area (Å²) in [5.74, 6) is -0.0321. The van der Waals surface area contributed by atoms with Gasteiger partial charge >= 0.3 is 0 Å². The second-order valence-corrected chi connectivity index (χ2v) is 5.40. The Bertz CT molecular complexity index is 560. The summed E-state index contributed by atoms with van der Waals surface area (Å²) < 4.78 is 5.22. The Kier molecular flexibility index (Phi) is 5.32. The number of hydrogen-bond acceptors (Lipinski definition) is 3. The first kappa shape index (κ1) is 14.8. The summed E-state index contributed by atoms with van der Waals surface area (Å²) in [6.07, 6.45) is 0. The molecule has 4 heteroatoms. The van der Waals surface area contributed by atoms with Crippen LogP contribution in [0.1, 0.15) is 22.2 Å². The van der Waals surface area contributed by atoms with E-state index in [-0.39, 0.29) is 5.91 Å². The molecule has 0 aliphatic carbocycles. The van der Waals surface area contributed by atoms with Gasteiger partial charge in [-0.2, -0.15) is 0 Å². The van der Waals surface area contributed by atoms with Crippen LogP contribution in [0.4, 0.5) is 0 Å². The number of carbonyl (C=O) groups excluding carboxylic acids is 1. The summed E-state index contributed by atoms with van der Waals surface area (Å²) in [5.41, 5.74) is 3.28. The fourth-order valence-corrected chi connectivity index (χ4v) is 2.74. The number of benzene rings is 1. The van der Waals surface area contributed by atoms with Gasteiger partial charge in [0.1, 0.15) is 0 Å². The molecule has 0 radical (unpaired) electrons. The number of thiophene rings is 1. The van der Waals surface area contributed by atoms with Gasteiger partial charge in [0.15, 0.2) is 0 Å². The Hall–Kier alpha value is -1.65. The Morgan fingerprint density at radius 2 is 2.00 bits per heavy atom. The van der Waals surface area contributed by atoms with Crippen LogP contribution in [-0.4, -0.2) is 25.7 Å². The average molecular weight is 289 g/mol. The van der Waals surface area contributed by atoms with Gasteiger partial charge in [-0.3, -0.25) is 4.79 Å². The van der Waals surface area contributed by atoms with Crippen LogP contribution < -0.4 is 5.32 Å². The molecule has 20 heavy (non-hydrogen) atoms. The number of aryl methyl sites for hydroxylation is 1. The Morgan fingerprint density at radius 1 is 1.25 bits per heavy atom. The second-order valence-electron chi connectivity index (χ2n) is 4.48. The van der Waals surface area contributed by atoms with Crippen LogP contribution in [0.25, 0.3) is 11.1 Å². The Balaban J connectivity index is 2.08. The molecule has 0 saturated carbocycles. The molecule has 1 aromatic heterocycles. The molecule has 0 unspecified atom stereocenters. The van der Waals surface area contributed by atoms with Crippen molar-refractivity contribution in [2.24, 2.45) is 0 Å². The van der Waals surface area contributed by atoms with Gasteiger partial charge in [-0.15, -0.1) is 11.3 Å². The highest BCUT2D eigenvalue weighted by atomic mass is 32.1. The first-order chi connectivity index (χ1) is 9.72. The first-order valence-electron chi connectivity index (χ1n) is 6.73. The predicted molar refractivity (Wildman–Crippen MR) is 83.3 cm³/mol. The third kappa shape index (κ3) is 3.68. The quantitative estimate of drug-likeness (QED) is 0.827. The predicted octanol–water partition coefficient (Wildman–Crippen LogP) is 3.49. The number of rotatable bonds is 6. The molecule has 0 aliphatic rings. The van der Waals surface area contributed by atoms with E-state index in [0.717, 1.165) is 16.0 Å². The van der Waals surface area contributed by atoms with E-state index in [1.807, 2.05) is 30.5 Å². The average Bonchev–Trinajstić information content (AvgIpc) is 2.93. The van der Waals surface area contributed by atoms with E-state index < -0.39 is 0 Å². The molecule has 1 heterocycles. The molecule has 2 rings (SSSR count). The molecule has 1 N–H and O–H groups in total. The van der Waals surface area contributed by atoms with E-state index in [2.05, 4.69) is 24.4 Å². The summed E-state index contributed by atoms with van der Waals surface area (Å²) in [6, 6.07) is 10.2. The van der Waals surface area contributed by atoms with E-state index >= 15 is 0 Å². The summed E-state index contributed by atoms with van der Waals surface area (Å²) in [6.45, 7) is 5.75. The summed E-state index contributed by atoms with van der Waals surface area (Å²) in [7, 11) is 0. The highest BCUT2D eigenvalue weighted by Crippen LogP contribution is 2.28. The highest BCUT2D eigenvalue weighted by Gasteiger charge is 2.13. The molecule has 0 aliphatic heterocycles. The Labute approximate surface area is 123 Å². The molecule has 0 spiro atoms. The lowest BCUT2D eigenvalue weighted by Crippen LogP contribution is -2.26. The van der Waals surface area contributed by atoms with Gasteiger partial charge in [0.05, 0.1) is 11.5 Å². The van der Waals surface area contributed by atoms with Gasteiger partial charge in [0, 0.05) is 18.7 Å². The van der Waals surface area contributed by atoms with Crippen molar-refractivity contribution in [3.8, 4) is 11.1 Å². The van der Waals surface area contributed by atoms with Crippen molar-refractivity contribution < 1.29 is 9.53 Å². The maximum Gasteiger partial charge on any atom is 0.262 e. The minimum atomic E-state index is -0.0321. The number of nitrogens with one attached hydrogen (secondary N) is 1. The number of carbonyl (C=O) groups is 1. The minimum absolute atomic E-state index is 0.0321. The highest BCUT2D eigenvalue weighted by molar-refractivity contribution is 7.12. The van der Waals surface area contributed by atoms with Crippen molar-refractivity contribution in [3.63, 3.8) is 0 Å². The van der Waals surface area contributed by atoms with Crippen LogP contribution in [0.3, 0.4) is 0 Å². The molecular formula is C16H19NO2S. The standard InChI is InChI=1S/C16H19NO2S/c1-3-19-10-9-17-16(18)15-14(8-11-20-15)13-6-4-12(2)5-7-13/h4-8,11H,3,9-10H2,1-2H3,(H,17,18). The lowest BCUT2D eigenvalue weighted by atomic mass is 10.0. The largest absolute Gasteiger partial charge is 0.380 e. The molecule has 1 amide bonds. The third-order valence-corrected chi connectivity index (χ3v) is 3.88. The van der Waals surface area contributed by atoms with Gasteiger partial charge in [0.2, 0.25) is 0 Å². The van der Waals surface area contributed by atoms with Crippen molar-refractivity contribution in [1.82, 2.24) is 5.32 Å². The molecule has 0 atom stereocenters. The van der Waals surface area contributed by atoms with Crippen molar-refractivity contribution >= 4 is 17.2 Å². The zero-order valence-corrected chi connectivity index (χ0v) is 12.6. The molecule has 0 bridgehead atoms. The van der Waals surface area contributed by atoms with Crippen molar-refractivity contribution in [2.75, 3.05) is 19.8 Å². The topological polar surface area (TPSA) is 38.3 Å². The van der Waals surface area contributed by atoms with Crippen molar-refractivity contribution in [1.29, 1.82) is 0 Å². The maximum atomic E-state index is 12.2. The molecule has 1 aromatic carbocycles. The van der Waals surface area contributed by atoms with Gasteiger partial charge in [0.25, 0.3) is 5.91 Å². The monoisotopic (exact) mass is 289 g/mol. The maximum absolute atomic E-state index is 12.2. The molecule has 106 valence electrons. The first-order valence-corrected chi connectivity index (χ1v) is 7.60. The number of hydrogen-bond donors (Lipinski definition) is 1. The fourth-order valence-electron chi connectivity index (χ4n) is 1.91. The van der Waals surface area contributed by atoms with E-state index in [0.29, 0.717) is 19.8 Å². The normalized spacial score (nSPS) is 10.5. The Morgan fingerprint density at radius 3 is 2.70 bits per heavy atom. The summed E-state index contributed by atoms with van der Waals surface area (Å²) in [4.78, 5) is 12.9. The van der Waals surface area contributed by atoms with Gasteiger partial charge in [-0.05, 0) is 30.9 Å². The molecule has 3 nitrogen and oxygen atoms in total. The van der Waals surface area contributed by atoms with E-state index in [9.17, 15) is 4.79 Å². The van der Waals surface area contributed by atoms with Crippen LogP contribution in [0, 0.1) is 6.92 Å². The summed E-state index contributed by atoms with van der Waals surface area (Å²) in [5, 5.41) is 4.84. The van der Waals surface area contributed by atoms with Gasteiger partial charge in [-0.1, -0.05) is 29.8 Å². The van der Waals surface area contributed by atoms with Gasteiger partial charge in [-0.25, -0.2) is 0 Å². The van der Waals surface area contributed by atoms with Crippen LogP contribution >= 0.6 is 11.3 Å². The SMILES string of the molecule is CCOCCNC(=O)c1sccc1-c1ccc(C)cc1. The van der Waals surface area contributed by atoms with E-state index in [1.54, 1.807) is 0 Å². The van der Waals surface area contributed by atoms with E-state index in [1.165, 1.54) is 16.9 Å². The minimum Gasteiger partial charge on any atom is -0.380 e. The zero-order chi connectivity index (χ0) is 14.4.